The van der Waals surface area contributed by atoms with Gasteiger partial charge in [0.2, 0.25) is 0 Å². The normalized spacial score (nSPS) is 12.6. The number of nitrogens with zero attached hydrogens (tertiary/aromatic N) is 1. The van der Waals surface area contributed by atoms with Crippen molar-refractivity contribution in [1.82, 2.24) is 15.2 Å². The Bertz CT molecular complexity index is 580. The van der Waals surface area contributed by atoms with Gasteiger partial charge in [-0.25, -0.2) is 9.59 Å². The fourth-order valence-electron chi connectivity index (χ4n) is 1.51. The van der Waals surface area contributed by atoms with Crippen LogP contribution in [-0.4, -0.2) is 34.6 Å². The van der Waals surface area contributed by atoms with Crippen LogP contribution in [-0.2, 0) is 11.0 Å². The Morgan fingerprint density at radius 1 is 1.29 bits per heavy atom. The summed E-state index contributed by atoms with van der Waals surface area (Å²) in [5.74, 6) is -2.64. The first kappa shape index (κ1) is 16.5. The summed E-state index contributed by atoms with van der Waals surface area (Å²) in [7, 11) is 1.26. The summed E-state index contributed by atoms with van der Waals surface area (Å²) in [6.07, 6.45) is -3.66. The number of halogens is 3. The lowest BCUT2D eigenvalue weighted by atomic mass is 10.2. The van der Waals surface area contributed by atoms with Gasteiger partial charge in [0.05, 0.1) is 11.1 Å². The van der Waals surface area contributed by atoms with E-state index in [2.05, 4.69) is 5.32 Å². The predicted molar refractivity (Wildman–Crippen MR) is 63.7 cm³/mol. The molecule has 1 heterocycles. The van der Waals surface area contributed by atoms with Crippen LogP contribution < -0.4 is 10.6 Å². The molecule has 7 nitrogen and oxygen atoms in total. The van der Waals surface area contributed by atoms with Gasteiger partial charge >= 0.3 is 18.2 Å². The molecule has 1 rings (SSSR count). The number of hydrogen-bond donors (Lipinski definition) is 3. The second-order valence-electron chi connectivity index (χ2n) is 4.08. The number of carbonyl (C=O) groups is 3. The van der Waals surface area contributed by atoms with Crippen molar-refractivity contribution in [3.8, 4) is 0 Å². The molecule has 116 valence electrons. The molecule has 21 heavy (non-hydrogen) atoms. The number of amides is 3. The summed E-state index contributed by atoms with van der Waals surface area (Å²) in [6.45, 7) is 1.23. The van der Waals surface area contributed by atoms with Crippen LogP contribution in [0.15, 0.2) is 12.4 Å². The highest BCUT2D eigenvalue weighted by Crippen LogP contribution is 2.33. The monoisotopic (exact) mass is 307 g/mol. The molecule has 0 spiro atoms. The van der Waals surface area contributed by atoms with Gasteiger partial charge in [-0.3, -0.25) is 10.1 Å². The van der Waals surface area contributed by atoms with Crippen molar-refractivity contribution in [2.75, 3.05) is 7.05 Å². The second kappa shape index (κ2) is 5.85. The number of carboxylic acid groups (broad SMARTS) is 1. The van der Waals surface area contributed by atoms with E-state index >= 15 is 0 Å². The lowest BCUT2D eigenvalue weighted by molar-refractivity contribution is -0.138. The highest BCUT2D eigenvalue weighted by atomic mass is 19.4. The van der Waals surface area contributed by atoms with Crippen molar-refractivity contribution >= 4 is 17.9 Å². The van der Waals surface area contributed by atoms with Gasteiger partial charge in [-0.1, -0.05) is 0 Å². The first-order valence-electron chi connectivity index (χ1n) is 5.62. The van der Waals surface area contributed by atoms with Crippen molar-refractivity contribution in [3.05, 3.63) is 23.5 Å². The molecule has 0 saturated heterocycles. The Morgan fingerprint density at radius 3 is 2.24 bits per heavy atom. The minimum Gasteiger partial charge on any atom is -0.478 e. The maximum Gasteiger partial charge on any atom is 0.418 e. The van der Waals surface area contributed by atoms with Crippen LogP contribution in [0, 0.1) is 0 Å². The molecule has 1 atom stereocenters. The zero-order valence-electron chi connectivity index (χ0n) is 11.0. The summed E-state index contributed by atoms with van der Waals surface area (Å²) < 4.78 is 38.9. The van der Waals surface area contributed by atoms with E-state index in [0.717, 1.165) is 4.57 Å². The molecule has 0 fully saturated rings. The van der Waals surface area contributed by atoms with Crippen molar-refractivity contribution < 1.29 is 32.7 Å². The SMILES string of the molecule is CNC(=O)NC(=O)C(C)n1cc(C(=O)O)c(C(F)(F)F)c1. The van der Waals surface area contributed by atoms with Gasteiger partial charge in [0, 0.05) is 19.4 Å². The molecule has 3 amide bonds. The minimum atomic E-state index is -4.87. The quantitative estimate of drug-likeness (QED) is 0.781. The number of aromatic nitrogens is 1. The van der Waals surface area contributed by atoms with E-state index in [0.29, 0.717) is 12.4 Å². The summed E-state index contributed by atoms with van der Waals surface area (Å²) in [5, 5.41) is 12.8. The third-order valence-corrected chi connectivity index (χ3v) is 2.67. The number of carboxylic acids is 1. The Morgan fingerprint density at radius 2 is 1.86 bits per heavy atom. The number of hydrogen-bond acceptors (Lipinski definition) is 3. The molecule has 1 aromatic heterocycles. The molecule has 10 heteroatoms. The summed E-state index contributed by atoms with van der Waals surface area (Å²) in [6, 6.07) is -2.02. The molecule has 1 unspecified atom stereocenters. The van der Waals surface area contributed by atoms with Gasteiger partial charge in [-0.15, -0.1) is 0 Å². The lowest BCUT2D eigenvalue weighted by Gasteiger charge is -2.12. The molecule has 0 bridgehead atoms. The highest BCUT2D eigenvalue weighted by molar-refractivity contribution is 5.96. The van der Waals surface area contributed by atoms with E-state index in [1.54, 1.807) is 0 Å². The Hall–Kier alpha value is -2.52. The zero-order valence-corrected chi connectivity index (χ0v) is 11.0. The van der Waals surface area contributed by atoms with E-state index in [4.69, 9.17) is 5.11 Å². The Balaban J connectivity index is 3.12. The molecule has 3 N–H and O–H groups in total. The van der Waals surface area contributed by atoms with Gasteiger partial charge in [0.25, 0.3) is 5.91 Å². The smallest absolute Gasteiger partial charge is 0.418 e. The molecular formula is C11H12F3N3O4. The van der Waals surface area contributed by atoms with E-state index in [1.807, 2.05) is 5.32 Å². The van der Waals surface area contributed by atoms with Crippen molar-refractivity contribution in [2.24, 2.45) is 0 Å². The highest BCUT2D eigenvalue weighted by Gasteiger charge is 2.37. The fourth-order valence-corrected chi connectivity index (χ4v) is 1.51. The van der Waals surface area contributed by atoms with Gasteiger partial charge in [0.15, 0.2) is 0 Å². The van der Waals surface area contributed by atoms with Crippen LogP contribution in [0.25, 0.3) is 0 Å². The average Bonchev–Trinajstić information content (AvgIpc) is 2.82. The topological polar surface area (TPSA) is 100 Å². The number of nitrogens with one attached hydrogen (secondary N) is 2. The van der Waals surface area contributed by atoms with E-state index in [9.17, 15) is 27.6 Å². The van der Waals surface area contributed by atoms with Gasteiger partial charge in [-0.05, 0) is 6.92 Å². The van der Waals surface area contributed by atoms with Crippen LogP contribution in [0.3, 0.4) is 0 Å². The predicted octanol–water partition coefficient (Wildman–Crippen LogP) is 1.22. The van der Waals surface area contributed by atoms with Gasteiger partial charge in [-0.2, -0.15) is 13.2 Å². The number of imide groups is 1. The standard InChI is InChI=1S/C11H12F3N3O4/c1-5(8(18)16-10(21)15-2)17-3-6(9(19)20)7(4-17)11(12,13)14/h3-5H,1-2H3,(H,19,20)(H2,15,16,18,21). The van der Waals surface area contributed by atoms with E-state index < -0.39 is 41.3 Å². The van der Waals surface area contributed by atoms with Crippen LogP contribution >= 0.6 is 0 Å². The van der Waals surface area contributed by atoms with Crippen LogP contribution in [0.1, 0.15) is 28.9 Å². The molecule has 0 aliphatic heterocycles. The summed E-state index contributed by atoms with van der Waals surface area (Å²) >= 11 is 0. The third-order valence-electron chi connectivity index (χ3n) is 2.67. The average molecular weight is 307 g/mol. The third kappa shape index (κ3) is 3.74. The molecule has 1 aromatic rings. The molecular weight excluding hydrogens is 295 g/mol. The number of alkyl halides is 3. The summed E-state index contributed by atoms with van der Waals surface area (Å²) in [5.41, 5.74) is -2.34. The minimum absolute atomic E-state index is 0.511. The van der Waals surface area contributed by atoms with Gasteiger partial charge < -0.3 is 15.0 Å². The van der Waals surface area contributed by atoms with Gasteiger partial charge in [0.1, 0.15) is 6.04 Å². The number of carbonyl (C=O) groups excluding carboxylic acids is 2. The molecule has 0 radical (unpaired) electrons. The van der Waals surface area contributed by atoms with Crippen molar-refractivity contribution in [2.45, 2.75) is 19.1 Å². The van der Waals surface area contributed by atoms with E-state index in [1.165, 1.54) is 14.0 Å². The molecule has 0 aromatic carbocycles. The Labute approximate surface area is 116 Å². The maximum absolute atomic E-state index is 12.7. The molecule has 0 aliphatic rings. The zero-order chi connectivity index (χ0) is 16.4. The maximum atomic E-state index is 12.7. The lowest BCUT2D eigenvalue weighted by Crippen LogP contribution is -2.40. The fraction of sp³-hybridized carbons (Fsp3) is 0.364. The van der Waals surface area contributed by atoms with Crippen molar-refractivity contribution in [3.63, 3.8) is 0 Å². The molecule has 0 saturated carbocycles. The molecule has 0 aliphatic carbocycles. The number of rotatable bonds is 3. The summed E-state index contributed by atoms with van der Waals surface area (Å²) in [4.78, 5) is 33.4. The van der Waals surface area contributed by atoms with E-state index in [-0.39, 0.29) is 0 Å². The largest absolute Gasteiger partial charge is 0.478 e. The van der Waals surface area contributed by atoms with Crippen LogP contribution in [0.2, 0.25) is 0 Å². The second-order valence-corrected chi connectivity index (χ2v) is 4.08. The number of aromatic carboxylic acids is 1. The Kier molecular flexibility index (Phi) is 4.61. The number of urea groups is 1. The first-order valence-corrected chi connectivity index (χ1v) is 5.62. The van der Waals surface area contributed by atoms with Crippen molar-refractivity contribution in [1.29, 1.82) is 0 Å². The van der Waals surface area contributed by atoms with Crippen LogP contribution in [0.4, 0.5) is 18.0 Å². The first-order chi connectivity index (χ1) is 9.57. The van der Waals surface area contributed by atoms with Crippen LogP contribution in [0.5, 0.6) is 0 Å².